The van der Waals surface area contributed by atoms with Crippen molar-refractivity contribution in [2.75, 3.05) is 26.8 Å². The monoisotopic (exact) mass is 424 g/mol. The number of ether oxygens (including phenoxy) is 1. The van der Waals surface area contributed by atoms with Crippen LogP contribution >= 0.6 is 11.6 Å². The van der Waals surface area contributed by atoms with Crippen molar-refractivity contribution < 1.29 is 17.9 Å². The summed E-state index contributed by atoms with van der Waals surface area (Å²) < 4.78 is 32.3. The molecule has 1 N–H and O–H groups in total. The Hall–Kier alpha value is -1.93. The summed E-state index contributed by atoms with van der Waals surface area (Å²) in [6.45, 7) is 2.73. The molecule has 0 aliphatic carbocycles. The summed E-state index contributed by atoms with van der Waals surface area (Å²) in [5.41, 5.74) is 1.88. The molecule has 1 amide bonds. The molecule has 0 unspecified atom stereocenters. The van der Waals surface area contributed by atoms with Gasteiger partial charge in [0.2, 0.25) is 15.9 Å². The second kappa shape index (κ2) is 10.6. The first-order valence-corrected chi connectivity index (χ1v) is 10.7. The van der Waals surface area contributed by atoms with Crippen molar-refractivity contribution in [3.05, 3.63) is 64.7 Å². The molecule has 28 heavy (non-hydrogen) atoms. The van der Waals surface area contributed by atoms with Gasteiger partial charge in [0.05, 0.1) is 11.4 Å². The number of hydrogen-bond acceptors (Lipinski definition) is 4. The van der Waals surface area contributed by atoms with Gasteiger partial charge < -0.3 is 10.1 Å². The summed E-state index contributed by atoms with van der Waals surface area (Å²) in [4.78, 5) is 12.4. The van der Waals surface area contributed by atoms with E-state index in [2.05, 4.69) is 5.32 Å². The highest BCUT2D eigenvalue weighted by molar-refractivity contribution is 7.89. The lowest BCUT2D eigenvalue weighted by molar-refractivity contribution is -0.121. The van der Waals surface area contributed by atoms with Crippen LogP contribution in [0.2, 0.25) is 5.02 Å². The minimum absolute atomic E-state index is 0.0937. The fraction of sp³-hybridized carbons (Fsp3) is 0.350. The summed E-state index contributed by atoms with van der Waals surface area (Å²) in [6, 6.07) is 13.5. The summed E-state index contributed by atoms with van der Waals surface area (Å²) >= 11 is 5.87. The zero-order valence-electron chi connectivity index (χ0n) is 16.0. The van der Waals surface area contributed by atoms with Gasteiger partial charge in [-0.15, -0.1) is 0 Å². The van der Waals surface area contributed by atoms with Gasteiger partial charge in [0.1, 0.15) is 0 Å². The highest BCUT2D eigenvalue weighted by Crippen LogP contribution is 2.20. The molecule has 0 heterocycles. The zero-order valence-corrected chi connectivity index (χ0v) is 17.6. The maximum Gasteiger partial charge on any atom is 0.243 e. The van der Waals surface area contributed by atoms with Gasteiger partial charge in [0.15, 0.2) is 0 Å². The third kappa shape index (κ3) is 6.60. The molecular formula is C20H25ClN2O4S. The average Bonchev–Trinajstić information content (AvgIpc) is 2.67. The topological polar surface area (TPSA) is 75.7 Å². The van der Waals surface area contributed by atoms with Crippen LogP contribution in [0.5, 0.6) is 0 Å². The number of carbonyl (C=O) groups excluding carboxylic acids is 1. The standard InChI is InChI=1S/C20H25ClN2O4S/c1-16-4-6-17(7-5-16)14-23(15-20(24)22-12-3-13-27-2)28(25,26)19-10-8-18(21)9-11-19/h4-11H,3,12-15H2,1-2H3,(H,22,24). The van der Waals surface area contributed by atoms with Crippen LogP contribution < -0.4 is 5.32 Å². The summed E-state index contributed by atoms with van der Waals surface area (Å²) in [5, 5.41) is 3.17. The Bertz CT molecular complexity index is 868. The minimum atomic E-state index is -3.87. The van der Waals surface area contributed by atoms with Crippen LogP contribution in [0.1, 0.15) is 17.5 Å². The first-order valence-electron chi connectivity index (χ1n) is 8.90. The number of amides is 1. The van der Waals surface area contributed by atoms with Crippen molar-refractivity contribution >= 4 is 27.5 Å². The molecule has 0 aliphatic rings. The average molecular weight is 425 g/mol. The maximum atomic E-state index is 13.1. The molecule has 0 bridgehead atoms. The third-order valence-electron chi connectivity index (χ3n) is 4.10. The van der Waals surface area contributed by atoms with Crippen LogP contribution in [-0.4, -0.2) is 45.4 Å². The number of carbonyl (C=O) groups is 1. The second-order valence-corrected chi connectivity index (χ2v) is 8.78. The Morgan fingerprint density at radius 1 is 1.11 bits per heavy atom. The van der Waals surface area contributed by atoms with Crippen molar-refractivity contribution in [3.8, 4) is 0 Å². The van der Waals surface area contributed by atoms with E-state index < -0.39 is 10.0 Å². The van der Waals surface area contributed by atoms with Gasteiger partial charge in [-0.1, -0.05) is 41.4 Å². The molecule has 2 aromatic rings. The number of aryl methyl sites for hydroxylation is 1. The third-order valence-corrected chi connectivity index (χ3v) is 6.16. The van der Waals surface area contributed by atoms with Crippen molar-refractivity contribution in [2.45, 2.75) is 24.8 Å². The summed E-state index contributed by atoms with van der Waals surface area (Å²) in [7, 11) is -2.28. The molecule has 0 saturated carbocycles. The Kier molecular flexibility index (Phi) is 8.44. The molecule has 0 saturated heterocycles. The van der Waals surface area contributed by atoms with Crippen LogP contribution in [0, 0.1) is 6.92 Å². The van der Waals surface area contributed by atoms with E-state index in [4.69, 9.17) is 16.3 Å². The molecule has 2 rings (SSSR count). The number of nitrogens with one attached hydrogen (secondary N) is 1. The van der Waals surface area contributed by atoms with Gasteiger partial charge in [0.25, 0.3) is 0 Å². The Morgan fingerprint density at radius 2 is 1.75 bits per heavy atom. The van der Waals surface area contributed by atoms with Crippen LogP contribution in [0.3, 0.4) is 0 Å². The van der Waals surface area contributed by atoms with Crippen molar-refractivity contribution in [1.29, 1.82) is 0 Å². The van der Waals surface area contributed by atoms with Gasteiger partial charge >= 0.3 is 0 Å². The van der Waals surface area contributed by atoms with Gasteiger partial charge in [0, 0.05) is 31.8 Å². The van der Waals surface area contributed by atoms with Crippen molar-refractivity contribution in [2.24, 2.45) is 0 Å². The molecular weight excluding hydrogens is 400 g/mol. The van der Waals surface area contributed by atoms with E-state index in [1.807, 2.05) is 31.2 Å². The smallest absolute Gasteiger partial charge is 0.243 e. The lowest BCUT2D eigenvalue weighted by atomic mass is 10.1. The van der Waals surface area contributed by atoms with Crippen molar-refractivity contribution in [1.82, 2.24) is 9.62 Å². The zero-order chi connectivity index (χ0) is 20.6. The van der Waals surface area contributed by atoms with Crippen LogP contribution in [-0.2, 0) is 26.1 Å². The normalized spacial score (nSPS) is 11.6. The van der Waals surface area contributed by atoms with E-state index in [-0.39, 0.29) is 23.9 Å². The molecule has 0 radical (unpaired) electrons. The largest absolute Gasteiger partial charge is 0.385 e. The van der Waals surface area contributed by atoms with E-state index in [0.29, 0.717) is 24.6 Å². The molecule has 152 valence electrons. The second-order valence-electron chi connectivity index (χ2n) is 6.41. The van der Waals surface area contributed by atoms with Gasteiger partial charge in [-0.05, 0) is 43.2 Å². The number of hydrogen-bond donors (Lipinski definition) is 1. The Morgan fingerprint density at radius 3 is 2.36 bits per heavy atom. The number of sulfonamides is 1. The van der Waals surface area contributed by atoms with Gasteiger partial charge in [-0.3, -0.25) is 4.79 Å². The molecule has 0 aromatic heterocycles. The molecule has 0 fully saturated rings. The molecule has 0 spiro atoms. The van der Waals surface area contributed by atoms with Crippen LogP contribution in [0.15, 0.2) is 53.4 Å². The number of rotatable bonds is 10. The molecule has 8 heteroatoms. The quantitative estimate of drug-likeness (QED) is 0.595. The predicted molar refractivity (Wildman–Crippen MR) is 110 cm³/mol. The van der Waals surface area contributed by atoms with Gasteiger partial charge in [-0.25, -0.2) is 8.42 Å². The minimum Gasteiger partial charge on any atom is -0.385 e. The van der Waals surface area contributed by atoms with E-state index in [0.717, 1.165) is 11.1 Å². The van der Waals surface area contributed by atoms with E-state index in [1.165, 1.54) is 28.6 Å². The number of benzene rings is 2. The predicted octanol–water partition coefficient (Wildman–Crippen LogP) is 2.99. The summed E-state index contributed by atoms with van der Waals surface area (Å²) in [5.74, 6) is -0.360. The lowest BCUT2D eigenvalue weighted by Gasteiger charge is -2.22. The highest BCUT2D eigenvalue weighted by atomic mass is 35.5. The lowest BCUT2D eigenvalue weighted by Crippen LogP contribution is -2.40. The molecule has 2 aromatic carbocycles. The van der Waals surface area contributed by atoms with Crippen LogP contribution in [0.25, 0.3) is 0 Å². The number of halogens is 1. The van der Waals surface area contributed by atoms with Crippen LogP contribution in [0.4, 0.5) is 0 Å². The first-order chi connectivity index (χ1) is 13.3. The fourth-order valence-corrected chi connectivity index (χ4v) is 4.05. The summed E-state index contributed by atoms with van der Waals surface area (Å²) in [6.07, 6.45) is 0.657. The molecule has 0 aliphatic heterocycles. The van der Waals surface area contributed by atoms with Crippen molar-refractivity contribution in [3.63, 3.8) is 0 Å². The van der Waals surface area contributed by atoms with E-state index in [9.17, 15) is 13.2 Å². The fourth-order valence-electron chi connectivity index (χ4n) is 2.54. The van der Waals surface area contributed by atoms with Gasteiger partial charge in [-0.2, -0.15) is 4.31 Å². The SMILES string of the molecule is COCCCNC(=O)CN(Cc1ccc(C)cc1)S(=O)(=O)c1ccc(Cl)cc1. The number of nitrogens with zero attached hydrogens (tertiary/aromatic N) is 1. The van der Waals surface area contributed by atoms with E-state index >= 15 is 0 Å². The first kappa shape index (κ1) is 22.4. The Balaban J connectivity index is 2.20. The molecule has 6 nitrogen and oxygen atoms in total. The highest BCUT2D eigenvalue weighted by Gasteiger charge is 2.26. The maximum absolute atomic E-state index is 13.1. The Labute approximate surface area is 171 Å². The molecule has 0 atom stereocenters. The number of methoxy groups -OCH3 is 1. The van der Waals surface area contributed by atoms with E-state index in [1.54, 1.807) is 7.11 Å².